The number of hydrogen-bond donors (Lipinski definition) is 2. The Morgan fingerprint density at radius 3 is 2.58 bits per heavy atom. The molecule has 1 aromatic heterocycles. The highest BCUT2D eigenvalue weighted by atomic mass is 35.5. The fourth-order valence-electron chi connectivity index (χ4n) is 3.50. The summed E-state index contributed by atoms with van der Waals surface area (Å²) in [4.78, 5) is 16.1. The van der Waals surface area contributed by atoms with Crippen LogP contribution in [0.4, 0.5) is 0 Å². The first-order valence-electron chi connectivity index (χ1n) is 8.95. The summed E-state index contributed by atoms with van der Waals surface area (Å²) in [6.07, 6.45) is 5.47. The lowest BCUT2D eigenvalue weighted by Crippen LogP contribution is -2.21. The van der Waals surface area contributed by atoms with E-state index in [1.165, 1.54) is 6.42 Å². The molecule has 1 heterocycles. The summed E-state index contributed by atoms with van der Waals surface area (Å²) in [7, 11) is 0. The van der Waals surface area contributed by atoms with Crippen molar-refractivity contribution in [3.63, 3.8) is 0 Å². The van der Waals surface area contributed by atoms with Crippen molar-refractivity contribution in [2.24, 2.45) is 5.10 Å². The zero-order chi connectivity index (χ0) is 17.9. The normalized spacial score (nSPS) is 14.4. The van der Waals surface area contributed by atoms with Crippen molar-refractivity contribution in [2.75, 3.05) is 0 Å². The summed E-state index contributed by atoms with van der Waals surface area (Å²) in [5, 5.41) is 5.92. The molecule has 1 aliphatic carbocycles. The number of halogens is 1. The van der Waals surface area contributed by atoms with E-state index in [-0.39, 0.29) is 5.91 Å². The summed E-state index contributed by atoms with van der Waals surface area (Å²) in [6.45, 7) is 0. The number of carbonyl (C=O) groups excluding carboxylic acids is 1. The van der Waals surface area contributed by atoms with Crippen molar-refractivity contribution in [1.29, 1.82) is 0 Å². The standard InChI is InChI=1S/C21H20ClN3O/c22-15-11-12-18-17(13-15)19(14-7-3-1-4-8-14)20(23-18)21(26)25-24-16-9-5-2-6-10-16/h1,3-4,7-8,11-13,23H,2,5-6,9-10H2,(H,25,26). The smallest absolute Gasteiger partial charge is 0.288 e. The summed E-state index contributed by atoms with van der Waals surface area (Å²) in [6, 6.07) is 15.5. The van der Waals surface area contributed by atoms with Crippen LogP contribution in [0.2, 0.25) is 5.02 Å². The molecule has 0 bridgehead atoms. The van der Waals surface area contributed by atoms with Gasteiger partial charge in [-0.15, -0.1) is 0 Å². The third-order valence-electron chi connectivity index (χ3n) is 4.80. The van der Waals surface area contributed by atoms with Crippen LogP contribution < -0.4 is 5.43 Å². The summed E-state index contributed by atoms with van der Waals surface area (Å²) < 4.78 is 0. The second-order valence-electron chi connectivity index (χ2n) is 6.61. The van der Waals surface area contributed by atoms with Gasteiger partial charge in [0.25, 0.3) is 5.91 Å². The zero-order valence-electron chi connectivity index (χ0n) is 14.4. The third-order valence-corrected chi connectivity index (χ3v) is 5.03. The fourth-order valence-corrected chi connectivity index (χ4v) is 3.67. The Morgan fingerprint density at radius 1 is 1.04 bits per heavy atom. The molecule has 4 rings (SSSR count). The van der Waals surface area contributed by atoms with Gasteiger partial charge in [0.1, 0.15) is 5.69 Å². The van der Waals surface area contributed by atoms with E-state index in [1.807, 2.05) is 48.5 Å². The van der Waals surface area contributed by atoms with Gasteiger partial charge < -0.3 is 4.98 Å². The molecule has 132 valence electrons. The predicted molar refractivity (Wildman–Crippen MR) is 107 cm³/mol. The molecule has 1 saturated carbocycles. The van der Waals surface area contributed by atoms with E-state index in [9.17, 15) is 4.79 Å². The number of aromatic amines is 1. The molecular weight excluding hydrogens is 346 g/mol. The number of hydrazone groups is 1. The van der Waals surface area contributed by atoms with Crippen LogP contribution in [0.25, 0.3) is 22.0 Å². The fraction of sp³-hybridized carbons (Fsp3) is 0.238. The molecule has 1 aliphatic rings. The van der Waals surface area contributed by atoms with Gasteiger partial charge in [0, 0.05) is 27.2 Å². The van der Waals surface area contributed by atoms with Crippen LogP contribution in [0.5, 0.6) is 0 Å². The van der Waals surface area contributed by atoms with Crippen LogP contribution in [0, 0.1) is 0 Å². The SMILES string of the molecule is O=C(NN=C1CCCCC1)c1[nH]c2ccc(Cl)cc2c1-c1ccccc1. The van der Waals surface area contributed by atoms with Gasteiger partial charge >= 0.3 is 0 Å². The maximum Gasteiger partial charge on any atom is 0.288 e. The minimum Gasteiger partial charge on any atom is -0.350 e. The monoisotopic (exact) mass is 365 g/mol. The Balaban J connectivity index is 1.75. The van der Waals surface area contributed by atoms with Crippen LogP contribution >= 0.6 is 11.6 Å². The molecule has 0 unspecified atom stereocenters. The van der Waals surface area contributed by atoms with Crippen LogP contribution in [0.15, 0.2) is 53.6 Å². The van der Waals surface area contributed by atoms with Gasteiger partial charge in [-0.2, -0.15) is 5.10 Å². The Morgan fingerprint density at radius 2 is 1.81 bits per heavy atom. The number of benzene rings is 2. The molecule has 0 saturated heterocycles. The quantitative estimate of drug-likeness (QED) is 0.588. The number of fused-ring (bicyclic) bond motifs is 1. The number of rotatable bonds is 3. The van der Waals surface area contributed by atoms with Crippen LogP contribution in [-0.4, -0.2) is 16.6 Å². The lowest BCUT2D eigenvalue weighted by molar-refractivity contribution is 0.0951. The number of amides is 1. The topological polar surface area (TPSA) is 57.2 Å². The zero-order valence-corrected chi connectivity index (χ0v) is 15.1. The van der Waals surface area contributed by atoms with E-state index in [2.05, 4.69) is 15.5 Å². The second kappa shape index (κ2) is 7.34. The first-order valence-corrected chi connectivity index (χ1v) is 9.32. The number of aromatic nitrogens is 1. The first-order chi connectivity index (χ1) is 12.7. The van der Waals surface area contributed by atoms with Gasteiger partial charge in [-0.3, -0.25) is 4.79 Å². The molecule has 1 fully saturated rings. The largest absolute Gasteiger partial charge is 0.350 e. The van der Waals surface area contributed by atoms with E-state index >= 15 is 0 Å². The number of nitrogens with one attached hydrogen (secondary N) is 2. The van der Waals surface area contributed by atoms with E-state index in [0.717, 1.165) is 53.4 Å². The first kappa shape index (κ1) is 16.9. The molecule has 1 amide bonds. The van der Waals surface area contributed by atoms with Crippen molar-refractivity contribution < 1.29 is 4.79 Å². The molecule has 4 nitrogen and oxygen atoms in total. The van der Waals surface area contributed by atoms with Gasteiger partial charge in [-0.25, -0.2) is 5.43 Å². The Bertz CT molecular complexity index is 968. The molecule has 2 aromatic carbocycles. The van der Waals surface area contributed by atoms with Crippen molar-refractivity contribution in [1.82, 2.24) is 10.4 Å². The molecule has 0 spiro atoms. The number of carbonyl (C=O) groups is 1. The van der Waals surface area contributed by atoms with Crippen molar-refractivity contribution in [3.8, 4) is 11.1 Å². The van der Waals surface area contributed by atoms with Crippen LogP contribution in [0.1, 0.15) is 42.6 Å². The van der Waals surface area contributed by atoms with E-state index in [1.54, 1.807) is 0 Å². The average Bonchev–Trinajstić information content (AvgIpc) is 3.06. The number of nitrogens with zero attached hydrogens (tertiary/aromatic N) is 1. The molecule has 0 atom stereocenters. The van der Waals surface area contributed by atoms with Gasteiger partial charge in [0.05, 0.1) is 0 Å². The number of hydrogen-bond acceptors (Lipinski definition) is 2. The molecule has 0 aliphatic heterocycles. The van der Waals surface area contributed by atoms with Crippen molar-refractivity contribution >= 4 is 34.1 Å². The van der Waals surface area contributed by atoms with Crippen LogP contribution in [0.3, 0.4) is 0 Å². The van der Waals surface area contributed by atoms with Gasteiger partial charge in [-0.1, -0.05) is 48.4 Å². The molecular formula is C21H20ClN3O. The second-order valence-corrected chi connectivity index (χ2v) is 7.05. The van der Waals surface area contributed by atoms with E-state index in [4.69, 9.17) is 11.6 Å². The van der Waals surface area contributed by atoms with Crippen molar-refractivity contribution in [2.45, 2.75) is 32.1 Å². The van der Waals surface area contributed by atoms with Crippen LogP contribution in [-0.2, 0) is 0 Å². The molecule has 3 aromatic rings. The highest BCUT2D eigenvalue weighted by Crippen LogP contribution is 2.34. The molecule has 2 N–H and O–H groups in total. The highest BCUT2D eigenvalue weighted by molar-refractivity contribution is 6.31. The predicted octanol–water partition coefficient (Wildman–Crippen LogP) is 5.54. The minimum atomic E-state index is -0.228. The summed E-state index contributed by atoms with van der Waals surface area (Å²) >= 11 is 6.19. The van der Waals surface area contributed by atoms with Gasteiger partial charge in [0.15, 0.2) is 0 Å². The molecule has 0 radical (unpaired) electrons. The summed E-state index contributed by atoms with van der Waals surface area (Å²) in [5.74, 6) is -0.228. The maximum atomic E-state index is 12.9. The Hall–Kier alpha value is -2.59. The van der Waals surface area contributed by atoms with Gasteiger partial charge in [0.2, 0.25) is 0 Å². The highest BCUT2D eigenvalue weighted by Gasteiger charge is 2.19. The van der Waals surface area contributed by atoms with E-state index in [0.29, 0.717) is 10.7 Å². The minimum absolute atomic E-state index is 0.228. The lowest BCUT2D eigenvalue weighted by atomic mass is 9.99. The Kier molecular flexibility index (Phi) is 4.76. The Labute approximate surface area is 157 Å². The average molecular weight is 366 g/mol. The summed E-state index contributed by atoms with van der Waals surface area (Å²) in [5.41, 5.74) is 7.02. The number of H-pyrrole nitrogens is 1. The van der Waals surface area contributed by atoms with Crippen molar-refractivity contribution in [3.05, 3.63) is 59.2 Å². The van der Waals surface area contributed by atoms with Gasteiger partial charge in [-0.05, 0) is 49.4 Å². The maximum absolute atomic E-state index is 12.9. The lowest BCUT2D eigenvalue weighted by Gasteiger charge is -2.12. The van der Waals surface area contributed by atoms with E-state index < -0.39 is 0 Å². The molecule has 26 heavy (non-hydrogen) atoms. The molecule has 5 heteroatoms. The third kappa shape index (κ3) is 3.37.